The molecule has 2 fully saturated rings. The number of nitrogens with two attached hydrogens (primary N) is 1. The van der Waals surface area contributed by atoms with Crippen LogP contribution in [0.3, 0.4) is 0 Å². The molecular formula is C22H30N4O3. The van der Waals surface area contributed by atoms with Gasteiger partial charge in [-0.15, -0.1) is 0 Å². The summed E-state index contributed by atoms with van der Waals surface area (Å²) in [4.78, 5) is 26.9. The van der Waals surface area contributed by atoms with E-state index in [1.54, 1.807) is 18.5 Å². The molecule has 0 aliphatic carbocycles. The van der Waals surface area contributed by atoms with E-state index in [2.05, 4.69) is 5.32 Å². The van der Waals surface area contributed by atoms with Gasteiger partial charge in [-0.05, 0) is 56.9 Å². The molecule has 0 radical (unpaired) electrons. The van der Waals surface area contributed by atoms with Gasteiger partial charge in [0.15, 0.2) is 0 Å². The first-order valence-corrected chi connectivity index (χ1v) is 10.5. The van der Waals surface area contributed by atoms with Gasteiger partial charge in [-0.2, -0.15) is 0 Å². The van der Waals surface area contributed by atoms with Crippen LogP contribution in [0.25, 0.3) is 10.9 Å². The van der Waals surface area contributed by atoms with Crippen molar-refractivity contribution in [2.75, 3.05) is 25.0 Å². The number of aromatic nitrogens is 1. The number of carbonyl (C=O) groups excluding carboxylic acids is 1. The third-order valence-electron chi connectivity index (χ3n) is 6.28. The average Bonchev–Trinajstić information content (AvgIpc) is 2.72. The number of piperidine rings is 1. The number of benzene rings is 1. The minimum atomic E-state index is -0.0873. The van der Waals surface area contributed by atoms with Crippen molar-refractivity contribution in [2.24, 2.45) is 18.7 Å². The van der Waals surface area contributed by atoms with Gasteiger partial charge >= 0.3 is 6.03 Å². The van der Waals surface area contributed by atoms with Crippen LogP contribution in [0.5, 0.6) is 0 Å². The highest BCUT2D eigenvalue weighted by atomic mass is 16.5. The van der Waals surface area contributed by atoms with Crippen molar-refractivity contribution in [1.82, 2.24) is 9.47 Å². The summed E-state index contributed by atoms with van der Waals surface area (Å²) in [6.07, 6.45) is 4.00. The number of rotatable bonds is 2. The Morgan fingerprint density at radius 3 is 2.90 bits per heavy atom. The third kappa shape index (κ3) is 4.16. The maximum absolute atomic E-state index is 12.9. The van der Waals surface area contributed by atoms with Crippen LogP contribution in [0.4, 0.5) is 10.5 Å². The van der Waals surface area contributed by atoms with Gasteiger partial charge in [-0.3, -0.25) is 4.79 Å². The zero-order valence-electron chi connectivity index (χ0n) is 17.2. The van der Waals surface area contributed by atoms with E-state index in [1.807, 2.05) is 29.2 Å². The molecule has 2 saturated heterocycles. The Balaban J connectivity index is 1.46. The topological polar surface area (TPSA) is 89.6 Å². The molecule has 2 aromatic rings. The van der Waals surface area contributed by atoms with Crippen molar-refractivity contribution in [1.29, 1.82) is 0 Å². The molecule has 1 aromatic heterocycles. The Morgan fingerprint density at radius 2 is 2.10 bits per heavy atom. The van der Waals surface area contributed by atoms with E-state index in [-0.39, 0.29) is 23.7 Å². The number of carbonyl (C=O) groups is 1. The van der Waals surface area contributed by atoms with E-state index < -0.39 is 0 Å². The summed E-state index contributed by atoms with van der Waals surface area (Å²) >= 11 is 0. The second-order valence-electron chi connectivity index (χ2n) is 8.44. The van der Waals surface area contributed by atoms with Gasteiger partial charge in [0, 0.05) is 55.3 Å². The van der Waals surface area contributed by atoms with E-state index in [1.165, 1.54) is 0 Å². The number of urea groups is 1. The first kappa shape index (κ1) is 19.9. The lowest BCUT2D eigenvalue weighted by Gasteiger charge is -2.39. The highest BCUT2D eigenvalue weighted by Crippen LogP contribution is 2.28. The van der Waals surface area contributed by atoms with E-state index in [0.29, 0.717) is 24.6 Å². The molecule has 2 aliphatic rings. The molecule has 3 N–H and O–H groups in total. The Kier molecular flexibility index (Phi) is 5.61. The summed E-state index contributed by atoms with van der Waals surface area (Å²) < 4.78 is 7.59. The fraction of sp³-hybridized carbons (Fsp3) is 0.545. The van der Waals surface area contributed by atoms with Crippen LogP contribution < -0.4 is 16.6 Å². The van der Waals surface area contributed by atoms with Crippen LogP contribution in [0.2, 0.25) is 0 Å². The molecule has 156 valence electrons. The van der Waals surface area contributed by atoms with E-state index >= 15 is 0 Å². The smallest absolute Gasteiger partial charge is 0.321 e. The molecule has 2 amide bonds. The highest BCUT2D eigenvalue weighted by molar-refractivity contribution is 5.93. The fourth-order valence-corrected chi connectivity index (χ4v) is 4.61. The quantitative estimate of drug-likeness (QED) is 0.814. The van der Waals surface area contributed by atoms with Gasteiger partial charge in [-0.25, -0.2) is 4.79 Å². The van der Waals surface area contributed by atoms with Gasteiger partial charge < -0.3 is 25.3 Å². The van der Waals surface area contributed by atoms with Crippen molar-refractivity contribution in [3.8, 4) is 0 Å². The highest BCUT2D eigenvalue weighted by Gasteiger charge is 2.33. The summed E-state index contributed by atoms with van der Waals surface area (Å²) in [6, 6.07) is 7.63. The molecule has 1 aromatic carbocycles. The van der Waals surface area contributed by atoms with E-state index in [9.17, 15) is 9.59 Å². The van der Waals surface area contributed by atoms with Crippen molar-refractivity contribution < 1.29 is 9.53 Å². The Hall–Kier alpha value is -2.38. The lowest BCUT2D eigenvalue weighted by molar-refractivity contribution is -0.0421. The van der Waals surface area contributed by atoms with Crippen LogP contribution in [-0.2, 0) is 11.8 Å². The number of fused-ring (bicyclic) bond motifs is 1. The molecule has 7 nitrogen and oxygen atoms in total. The summed E-state index contributed by atoms with van der Waals surface area (Å²) in [5, 5.41) is 3.96. The van der Waals surface area contributed by atoms with E-state index in [0.717, 1.165) is 48.8 Å². The number of ether oxygens (including phenoxy) is 1. The molecule has 0 bridgehead atoms. The normalized spacial score (nSPS) is 25.2. The molecular weight excluding hydrogens is 368 g/mol. The maximum Gasteiger partial charge on any atom is 0.321 e. The average molecular weight is 399 g/mol. The molecule has 3 unspecified atom stereocenters. The molecule has 3 atom stereocenters. The van der Waals surface area contributed by atoms with Crippen LogP contribution in [0.1, 0.15) is 31.2 Å². The van der Waals surface area contributed by atoms with Gasteiger partial charge in [0.05, 0.1) is 11.6 Å². The van der Waals surface area contributed by atoms with Crippen molar-refractivity contribution >= 4 is 22.6 Å². The molecule has 3 heterocycles. The predicted octanol–water partition coefficient (Wildman–Crippen LogP) is 2.60. The first-order valence-electron chi connectivity index (χ1n) is 10.5. The Morgan fingerprint density at radius 1 is 1.28 bits per heavy atom. The summed E-state index contributed by atoms with van der Waals surface area (Å²) in [5.41, 5.74) is 8.38. The zero-order chi connectivity index (χ0) is 20.5. The standard InChI is InChI=1S/C22H30N4O3/c1-14-10-16-11-18(5-6-19(16)25(2)21(14)27)24-22(28)26-8-3-4-15(13-26)20-12-17(23)7-9-29-20/h5-6,10-11,15,17,20H,3-4,7-9,12-13,23H2,1-2H3,(H,24,28). The summed E-state index contributed by atoms with van der Waals surface area (Å²) in [5.74, 6) is 0.342. The lowest BCUT2D eigenvalue weighted by Crippen LogP contribution is -2.48. The second kappa shape index (κ2) is 8.16. The molecule has 0 saturated carbocycles. The zero-order valence-corrected chi connectivity index (χ0v) is 17.2. The fourth-order valence-electron chi connectivity index (χ4n) is 4.61. The Bertz CT molecular complexity index is 970. The van der Waals surface area contributed by atoms with Gasteiger partial charge in [0.2, 0.25) is 0 Å². The second-order valence-corrected chi connectivity index (χ2v) is 8.44. The molecule has 4 rings (SSSR count). The van der Waals surface area contributed by atoms with Gasteiger partial charge in [-0.1, -0.05) is 0 Å². The van der Waals surface area contributed by atoms with E-state index in [4.69, 9.17) is 10.5 Å². The van der Waals surface area contributed by atoms with Gasteiger partial charge in [0.1, 0.15) is 0 Å². The molecule has 0 spiro atoms. The minimum absolute atomic E-state index is 0.00158. The predicted molar refractivity (Wildman–Crippen MR) is 114 cm³/mol. The van der Waals surface area contributed by atoms with Gasteiger partial charge in [0.25, 0.3) is 5.56 Å². The number of hydrogen-bond acceptors (Lipinski definition) is 4. The minimum Gasteiger partial charge on any atom is -0.378 e. The monoisotopic (exact) mass is 398 g/mol. The number of nitrogens with zero attached hydrogens (tertiary/aromatic N) is 2. The maximum atomic E-state index is 12.9. The number of pyridine rings is 1. The van der Waals surface area contributed by atoms with Crippen molar-refractivity contribution in [2.45, 2.75) is 44.8 Å². The SMILES string of the molecule is Cc1cc2cc(NC(=O)N3CCCC(C4CC(N)CCO4)C3)ccc2n(C)c1=O. The number of anilines is 1. The first-order chi connectivity index (χ1) is 13.9. The van der Waals surface area contributed by atoms with Crippen LogP contribution in [0, 0.1) is 12.8 Å². The van der Waals surface area contributed by atoms with Crippen LogP contribution in [0.15, 0.2) is 29.1 Å². The summed E-state index contributed by atoms with van der Waals surface area (Å²) in [7, 11) is 1.77. The number of aryl methyl sites for hydroxylation is 2. The number of nitrogens with one attached hydrogen (secondary N) is 1. The van der Waals surface area contributed by atoms with Crippen molar-refractivity contribution in [3.63, 3.8) is 0 Å². The number of likely N-dealkylation sites (tertiary alicyclic amines) is 1. The molecule has 2 aliphatic heterocycles. The third-order valence-corrected chi connectivity index (χ3v) is 6.28. The molecule has 7 heteroatoms. The lowest BCUT2D eigenvalue weighted by atomic mass is 9.87. The van der Waals surface area contributed by atoms with Crippen LogP contribution >= 0.6 is 0 Å². The molecule has 29 heavy (non-hydrogen) atoms. The number of amides is 2. The Labute approximate surface area is 170 Å². The largest absolute Gasteiger partial charge is 0.378 e. The van der Waals surface area contributed by atoms with Crippen molar-refractivity contribution in [3.05, 3.63) is 40.2 Å². The number of hydrogen-bond donors (Lipinski definition) is 2. The summed E-state index contributed by atoms with van der Waals surface area (Å²) in [6.45, 7) is 3.97. The van der Waals surface area contributed by atoms with Crippen LogP contribution in [-0.4, -0.2) is 47.3 Å².